The molecule has 1 fully saturated rings. The zero-order valence-corrected chi connectivity index (χ0v) is 18.6. The Labute approximate surface area is 187 Å². The molecule has 1 aliphatic rings. The summed E-state index contributed by atoms with van der Waals surface area (Å²) in [5.41, 5.74) is 2.42. The lowest BCUT2D eigenvalue weighted by Gasteiger charge is -2.37. The van der Waals surface area contributed by atoms with Crippen LogP contribution in [0.5, 0.6) is 0 Å². The molecule has 0 aromatic heterocycles. The summed E-state index contributed by atoms with van der Waals surface area (Å²) in [4.78, 5) is 28.4. The molecule has 30 heavy (non-hydrogen) atoms. The monoisotopic (exact) mass is 445 g/mol. The number of hydrogen-bond donors (Lipinski definition) is 1. The Morgan fingerprint density at radius 3 is 2.27 bits per heavy atom. The molecule has 0 radical (unpaired) electrons. The molecule has 1 heterocycles. The fraction of sp³-hybridized carbons (Fsp3) is 0.304. The number of rotatable bonds is 5. The van der Waals surface area contributed by atoms with Crippen molar-refractivity contribution in [3.63, 3.8) is 0 Å². The minimum Gasteiger partial charge on any atom is -0.367 e. The van der Waals surface area contributed by atoms with Gasteiger partial charge < -0.3 is 15.1 Å². The first-order chi connectivity index (χ1) is 14.3. The second kappa shape index (κ2) is 10.0. The average molecular weight is 446 g/mol. The van der Waals surface area contributed by atoms with Gasteiger partial charge >= 0.3 is 0 Å². The van der Waals surface area contributed by atoms with E-state index in [0.29, 0.717) is 28.8 Å². The number of halogens is 2. The molecule has 1 N–H and O–H groups in total. The van der Waals surface area contributed by atoms with Crippen LogP contribution < -0.4 is 10.2 Å². The predicted molar refractivity (Wildman–Crippen MR) is 124 cm³/mol. The van der Waals surface area contributed by atoms with Crippen LogP contribution in [0.3, 0.4) is 0 Å². The number of nitrogens with one attached hydrogen (secondary N) is 1. The molecule has 7 heteroatoms. The fourth-order valence-electron chi connectivity index (χ4n) is 3.30. The van der Waals surface area contributed by atoms with Crippen LogP contribution in [0, 0.1) is 5.92 Å². The zero-order valence-electron chi connectivity index (χ0n) is 17.1. The van der Waals surface area contributed by atoms with Gasteiger partial charge in [0.1, 0.15) is 0 Å². The maximum Gasteiger partial charge on any atom is 0.248 e. The Kier molecular flexibility index (Phi) is 7.40. The standard InChI is InChI=1S/C23H25Cl2N3O2/c1-16(2)23(30)28-13-11-27(12-14-28)21-9-8-19(15-20(21)25)26-22(29)10-5-17-3-6-18(24)7-4-17/h3-10,15-16H,11-14H2,1-2H3,(H,26,29)/b10-5+. The largest absolute Gasteiger partial charge is 0.367 e. The normalized spacial score (nSPS) is 14.4. The van der Waals surface area contributed by atoms with E-state index in [-0.39, 0.29) is 17.7 Å². The van der Waals surface area contributed by atoms with Gasteiger partial charge in [-0.05, 0) is 42.0 Å². The highest BCUT2D eigenvalue weighted by molar-refractivity contribution is 6.33. The van der Waals surface area contributed by atoms with Crippen molar-refractivity contribution in [1.29, 1.82) is 0 Å². The van der Waals surface area contributed by atoms with Gasteiger partial charge in [0.15, 0.2) is 0 Å². The lowest BCUT2D eigenvalue weighted by atomic mass is 10.1. The van der Waals surface area contributed by atoms with Gasteiger partial charge in [0.2, 0.25) is 11.8 Å². The number of amides is 2. The summed E-state index contributed by atoms with van der Waals surface area (Å²) in [5, 5.41) is 4.04. The number of anilines is 2. The van der Waals surface area contributed by atoms with Gasteiger partial charge in [-0.15, -0.1) is 0 Å². The first-order valence-corrected chi connectivity index (χ1v) is 10.7. The zero-order chi connectivity index (χ0) is 21.7. The molecular weight excluding hydrogens is 421 g/mol. The lowest BCUT2D eigenvalue weighted by molar-refractivity contribution is -0.134. The molecule has 0 spiro atoms. The molecule has 2 aromatic carbocycles. The molecule has 2 amide bonds. The second-order valence-corrected chi connectivity index (χ2v) is 8.35. The molecule has 158 valence electrons. The molecule has 1 aliphatic heterocycles. The number of benzene rings is 2. The van der Waals surface area contributed by atoms with Crippen molar-refractivity contribution < 1.29 is 9.59 Å². The summed E-state index contributed by atoms with van der Waals surface area (Å²) in [6.07, 6.45) is 3.19. The van der Waals surface area contributed by atoms with Crippen LogP contribution in [0.25, 0.3) is 6.08 Å². The molecule has 0 saturated carbocycles. The van der Waals surface area contributed by atoms with E-state index in [2.05, 4.69) is 10.2 Å². The van der Waals surface area contributed by atoms with Crippen LogP contribution in [-0.2, 0) is 9.59 Å². The molecule has 5 nitrogen and oxygen atoms in total. The molecule has 2 aromatic rings. The van der Waals surface area contributed by atoms with Crippen molar-refractivity contribution in [2.45, 2.75) is 13.8 Å². The topological polar surface area (TPSA) is 52.7 Å². The number of carbonyl (C=O) groups is 2. The average Bonchev–Trinajstić information content (AvgIpc) is 2.73. The predicted octanol–water partition coefficient (Wildman–Crippen LogP) is 4.95. The van der Waals surface area contributed by atoms with Crippen molar-refractivity contribution in [2.24, 2.45) is 5.92 Å². The van der Waals surface area contributed by atoms with E-state index in [0.717, 1.165) is 24.3 Å². The van der Waals surface area contributed by atoms with Crippen LogP contribution in [-0.4, -0.2) is 42.9 Å². The van der Waals surface area contributed by atoms with Gasteiger partial charge in [0, 0.05) is 48.9 Å². The van der Waals surface area contributed by atoms with E-state index < -0.39 is 0 Å². The van der Waals surface area contributed by atoms with Crippen LogP contribution in [0.2, 0.25) is 10.0 Å². The summed E-state index contributed by atoms with van der Waals surface area (Å²) in [7, 11) is 0. The molecular formula is C23H25Cl2N3O2. The highest BCUT2D eigenvalue weighted by Crippen LogP contribution is 2.30. The van der Waals surface area contributed by atoms with E-state index in [9.17, 15) is 9.59 Å². The van der Waals surface area contributed by atoms with Crippen LogP contribution in [0.15, 0.2) is 48.5 Å². The Hall–Kier alpha value is -2.50. The lowest BCUT2D eigenvalue weighted by Crippen LogP contribution is -2.50. The smallest absolute Gasteiger partial charge is 0.248 e. The third-order valence-electron chi connectivity index (χ3n) is 4.94. The first kappa shape index (κ1) is 22.2. The van der Waals surface area contributed by atoms with Gasteiger partial charge in [-0.3, -0.25) is 9.59 Å². The maximum absolute atomic E-state index is 12.2. The third kappa shape index (κ3) is 5.77. The number of carbonyl (C=O) groups excluding carboxylic acids is 2. The second-order valence-electron chi connectivity index (χ2n) is 7.51. The Morgan fingerprint density at radius 1 is 1.00 bits per heavy atom. The minimum atomic E-state index is -0.241. The van der Waals surface area contributed by atoms with Crippen molar-refractivity contribution in [3.8, 4) is 0 Å². The third-order valence-corrected chi connectivity index (χ3v) is 5.49. The van der Waals surface area contributed by atoms with E-state index in [1.54, 1.807) is 24.3 Å². The summed E-state index contributed by atoms with van der Waals surface area (Å²) in [6.45, 7) is 6.66. The summed E-state index contributed by atoms with van der Waals surface area (Å²) in [5.74, 6) is -0.0446. The van der Waals surface area contributed by atoms with E-state index in [1.165, 1.54) is 6.08 Å². The number of hydrogen-bond acceptors (Lipinski definition) is 3. The van der Waals surface area contributed by atoms with Gasteiger partial charge in [-0.25, -0.2) is 0 Å². The minimum absolute atomic E-state index is 0.0109. The summed E-state index contributed by atoms with van der Waals surface area (Å²) in [6, 6.07) is 12.7. The molecule has 0 unspecified atom stereocenters. The van der Waals surface area contributed by atoms with Crippen molar-refractivity contribution in [3.05, 3.63) is 64.1 Å². The van der Waals surface area contributed by atoms with Crippen LogP contribution in [0.4, 0.5) is 11.4 Å². The van der Waals surface area contributed by atoms with Crippen molar-refractivity contribution in [2.75, 3.05) is 36.4 Å². The fourth-order valence-corrected chi connectivity index (χ4v) is 3.73. The van der Waals surface area contributed by atoms with Gasteiger partial charge in [0.25, 0.3) is 0 Å². The SMILES string of the molecule is CC(C)C(=O)N1CCN(c2ccc(NC(=O)/C=C/c3ccc(Cl)cc3)cc2Cl)CC1. The summed E-state index contributed by atoms with van der Waals surface area (Å²) >= 11 is 12.3. The number of nitrogens with zero attached hydrogens (tertiary/aromatic N) is 2. The number of piperazine rings is 1. The Bertz CT molecular complexity index is 934. The molecule has 0 bridgehead atoms. The van der Waals surface area contributed by atoms with Gasteiger partial charge in [-0.2, -0.15) is 0 Å². The van der Waals surface area contributed by atoms with Gasteiger partial charge in [0.05, 0.1) is 10.7 Å². The van der Waals surface area contributed by atoms with E-state index >= 15 is 0 Å². The van der Waals surface area contributed by atoms with Crippen LogP contribution >= 0.6 is 23.2 Å². The molecule has 1 saturated heterocycles. The van der Waals surface area contributed by atoms with E-state index in [1.807, 2.05) is 43.0 Å². The summed E-state index contributed by atoms with van der Waals surface area (Å²) < 4.78 is 0. The van der Waals surface area contributed by atoms with Crippen molar-refractivity contribution in [1.82, 2.24) is 4.90 Å². The quantitative estimate of drug-likeness (QED) is 0.662. The Morgan fingerprint density at radius 2 is 1.67 bits per heavy atom. The Balaban J connectivity index is 1.58. The maximum atomic E-state index is 12.2. The van der Waals surface area contributed by atoms with E-state index in [4.69, 9.17) is 23.2 Å². The van der Waals surface area contributed by atoms with Crippen molar-refractivity contribution >= 4 is 52.5 Å². The highest BCUT2D eigenvalue weighted by atomic mass is 35.5. The molecule has 3 rings (SSSR count). The molecule has 0 atom stereocenters. The van der Waals surface area contributed by atoms with Gasteiger partial charge in [-0.1, -0.05) is 49.2 Å². The molecule has 0 aliphatic carbocycles. The van der Waals surface area contributed by atoms with Crippen LogP contribution in [0.1, 0.15) is 19.4 Å². The first-order valence-electron chi connectivity index (χ1n) is 9.91. The highest BCUT2D eigenvalue weighted by Gasteiger charge is 2.23.